The van der Waals surface area contributed by atoms with E-state index in [1.165, 1.54) is 0 Å². The van der Waals surface area contributed by atoms with E-state index in [1.807, 2.05) is 24.3 Å². The van der Waals surface area contributed by atoms with E-state index in [2.05, 4.69) is 0 Å². The first-order chi connectivity index (χ1) is 18.0. The average molecular weight is 513 g/mol. The zero-order chi connectivity index (χ0) is 25.9. The number of fused-ring (bicyclic) bond motifs is 8. The third-order valence-electron chi connectivity index (χ3n) is 7.31. The first-order valence-electron chi connectivity index (χ1n) is 11.7. The molecule has 186 valence electrons. The van der Waals surface area contributed by atoms with Gasteiger partial charge in [0.05, 0.1) is 51.2 Å². The minimum atomic E-state index is -3.33. The molecule has 6 rings (SSSR count). The van der Waals surface area contributed by atoms with Gasteiger partial charge < -0.3 is 18.9 Å². The number of hydrogen-bond acceptors (Lipinski definition) is 6. The van der Waals surface area contributed by atoms with Crippen LogP contribution in [-0.4, -0.2) is 36.5 Å². The summed E-state index contributed by atoms with van der Waals surface area (Å²) >= 11 is 0. The van der Waals surface area contributed by atoms with E-state index in [9.17, 15) is 10.4 Å². The SMILES string of the molecule is COc1ccc2c(c1)[Si]1(c3cc(OC)ccc3N2[O])c2cc(OC)ccc2N([O])c2ccc(OC)cc21. The molecule has 4 aromatic carbocycles. The van der Waals surface area contributed by atoms with Crippen LogP contribution < -0.4 is 49.8 Å². The summed E-state index contributed by atoms with van der Waals surface area (Å²) in [5.74, 6) is 2.46. The monoisotopic (exact) mass is 512 g/mol. The maximum atomic E-state index is 13.8. The van der Waals surface area contributed by atoms with Gasteiger partial charge in [0.15, 0.2) is 8.07 Å². The van der Waals surface area contributed by atoms with Gasteiger partial charge in [-0.15, -0.1) is 0 Å². The second-order valence-electron chi connectivity index (χ2n) is 8.87. The Balaban J connectivity index is 1.87. The van der Waals surface area contributed by atoms with Gasteiger partial charge in [-0.1, -0.05) is 10.4 Å². The summed E-state index contributed by atoms with van der Waals surface area (Å²) in [4.78, 5) is 0. The number of hydrogen-bond donors (Lipinski definition) is 0. The highest BCUT2D eigenvalue weighted by Gasteiger charge is 2.55. The molecular weight excluding hydrogens is 488 g/mol. The predicted molar refractivity (Wildman–Crippen MR) is 142 cm³/mol. The quantitative estimate of drug-likeness (QED) is 0.391. The Morgan fingerprint density at radius 3 is 0.919 bits per heavy atom. The Morgan fingerprint density at radius 1 is 0.459 bits per heavy atom. The topological polar surface area (TPSA) is 83.2 Å². The van der Waals surface area contributed by atoms with Crippen LogP contribution in [0.25, 0.3) is 0 Å². The second-order valence-corrected chi connectivity index (χ2v) is 12.5. The zero-order valence-corrected chi connectivity index (χ0v) is 21.8. The molecule has 0 unspecified atom stereocenters. The van der Waals surface area contributed by atoms with Crippen molar-refractivity contribution >= 4 is 51.6 Å². The van der Waals surface area contributed by atoms with Gasteiger partial charge in [0.1, 0.15) is 23.0 Å². The molecule has 0 aliphatic carbocycles. The molecule has 2 aliphatic heterocycles. The molecule has 2 heterocycles. The van der Waals surface area contributed by atoms with Crippen molar-refractivity contribution in [1.82, 2.24) is 0 Å². The van der Waals surface area contributed by atoms with Gasteiger partial charge >= 0.3 is 0 Å². The van der Waals surface area contributed by atoms with E-state index in [-0.39, 0.29) is 0 Å². The van der Waals surface area contributed by atoms with Crippen molar-refractivity contribution in [2.75, 3.05) is 38.6 Å². The molecule has 0 saturated heterocycles. The van der Waals surface area contributed by atoms with Crippen molar-refractivity contribution in [1.29, 1.82) is 0 Å². The largest absolute Gasteiger partial charge is 0.497 e. The molecule has 0 bridgehead atoms. The van der Waals surface area contributed by atoms with E-state index in [4.69, 9.17) is 18.9 Å². The van der Waals surface area contributed by atoms with Gasteiger partial charge in [-0.3, -0.25) is 0 Å². The summed E-state index contributed by atoms with van der Waals surface area (Å²) in [5.41, 5.74) is 2.03. The lowest BCUT2D eigenvalue weighted by molar-refractivity contribution is 0.196. The highest BCUT2D eigenvalue weighted by molar-refractivity contribution is 7.23. The fourth-order valence-electron chi connectivity index (χ4n) is 5.61. The van der Waals surface area contributed by atoms with Gasteiger partial charge in [0, 0.05) is 0 Å². The Hall–Kier alpha value is -4.18. The lowest BCUT2D eigenvalue weighted by Crippen LogP contribution is -2.79. The van der Waals surface area contributed by atoms with Crippen LogP contribution in [0.3, 0.4) is 0 Å². The van der Waals surface area contributed by atoms with Crippen molar-refractivity contribution in [3.05, 3.63) is 72.8 Å². The van der Waals surface area contributed by atoms with Crippen LogP contribution in [0.1, 0.15) is 0 Å². The summed E-state index contributed by atoms with van der Waals surface area (Å²) in [5, 5.41) is 32.7. The van der Waals surface area contributed by atoms with Crippen LogP contribution in [0.15, 0.2) is 72.8 Å². The van der Waals surface area contributed by atoms with E-state index < -0.39 is 8.07 Å². The molecule has 0 atom stereocenters. The molecule has 0 fully saturated rings. The third-order valence-corrected chi connectivity index (χ3v) is 12.1. The Bertz CT molecular complexity index is 1310. The Morgan fingerprint density at radius 2 is 0.703 bits per heavy atom. The number of nitrogens with zero attached hydrogens (tertiary/aromatic N) is 2. The van der Waals surface area contributed by atoms with Crippen LogP contribution in [0, 0.1) is 0 Å². The van der Waals surface area contributed by atoms with Crippen molar-refractivity contribution in [2.45, 2.75) is 0 Å². The van der Waals surface area contributed by atoms with Gasteiger partial charge in [-0.25, -0.2) is 0 Å². The summed E-state index contributed by atoms with van der Waals surface area (Å²) in [6.07, 6.45) is 0. The standard InChI is InChI=1S/C28H24N2O6Si/c1-33-17-5-9-21-25(13-17)37(26-14-18(34-2)6-10-22(26)29(21)31)27-15-19(35-3)7-11-23(27)30(32)24-12-8-20(36-4)16-28(24)37/h5-16H,1-4H3. The second kappa shape index (κ2) is 8.44. The van der Waals surface area contributed by atoms with Gasteiger partial charge in [-0.05, 0) is 93.5 Å². The molecule has 0 saturated carbocycles. The Labute approximate surface area is 215 Å². The minimum Gasteiger partial charge on any atom is -0.497 e. The van der Waals surface area contributed by atoms with Crippen molar-refractivity contribution in [3.8, 4) is 23.0 Å². The van der Waals surface area contributed by atoms with Gasteiger partial charge in [-0.2, -0.15) is 10.1 Å². The van der Waals surface area contributed by atoms with Crippen molar-refractivity contribution in [3.63, 3.8) is 0 Å². The van der Waals surface area contributed by atoms with Crippen LogP contribution in [-0.2, 0) is 10.4 Å². The van der Waals surface area contributed by atoms with E-state index in [0.717, 1.165) is 30.9 Å². The molecule has 1 spiro atoms. The predicted octanol–water partition coefficient (Wildman–Crippen LogP) is 2.69. The van der Waals surface area contributed by atoms with Crippen LogP contribution in [0.5, 0.6) is 23.0 Å². The molecule has 8 nitrogen and oxygen atoms in total. The molecule has 0 amide bonds. The molecule has 37 heavy (non-hydrogen) atoms. The first kappa shape index (κ1) is 23.2. The molecule has 0 aromatic heterocycles. The lowest BCUT2D eigenvalue weighted by atomic mass is 10.2. The number of methoxy groups -OCH3 is 4. The molecule has 4 aromatic rings. The zero-order valence-electron chi connectivity index (χ0n) is 20.8. The molecular formula is C28H24N2O6Si. The Kier molecular flexibility index (Phi) is 5.30. The maximum absolute atomic E-state index is 13.8. The number of rotatable bonds is 4. The highest BCUT2D eigenvalue weighted by Crippen LogP contribution is 2.40. The van der Waals surface area contributed by atoms with E-state index >= 15 is 0 Å². The molecule has 0 N–H and O–H groups in total. The summed E-state index contributed by atoms with van der Waals surface area (Å²) in [6.45, 7) is 0. The highest BCUT2D eigenvalue weighted by atomic mass is 28.3. The first-order valence-corrected chi connectivity index (χ1v) is 13.7. The number of benzene rings is 4. The smallest absolute Gasteiger partial charge is 0.189 e. The van der Waals surface area contributed by atoms with Crippen molar-refractivity contribution in [2.24, 2.45) is 0 Å². The van der Waals surface area contributed by atoms with E-state index in [0.29, 0.717) is 45.7 Å². The molecule has 2 radical (unpaired) electrons. The lowest BCUT2D eigenvalue weighted by Gasteiger charge is -2.46. The van der Waals surface area contributed by atoms with Crippen LogP contribution in [0.4, 0.5) is 22.7 Å². The summed E-state index contributed by atoms with van der Waals surface area (Å²) in [6, 6.07) is 21.9. The number of anilines is 4. The summed E-state index contributed by atoms with van der Waals surface area (Å²) in [7, 11) is 3.05. The van der Waals surface area contributed by atoms with Crippen LogP contribution >= 0.6 is 0 Å². The third kappa shape index (κ3) is 3.08. The van der Waals surface area contributed by atoms with Crippen LogP contribution in [0.2, 0.25) is 0 Å². The normalized spacial score (nSPS) is 14.3. The molecule has 9 heteroatoms. The van der Waals surface area contributed by atoms with Gasteiger partial charge in [0.25, 0.3) is 0 Å². The number of ether oxygens (including phenoxy) is 4. The van der Waals surface area contributed by atoms with Gasteiger partial charge in [0.2, 0.25) is 0 Å². The average Bonchev–Trinajstić information content (AvgIpc) is 2.96. The maximum Gasteiger partial charge on any atom is 0.189 e. The summed E-state index contributed by atoms with van der Waals surface area (Å²) < 4.78 is 22.5. The fraction of sp³-hybridized carbons (Fsp3) is 0.143. The van der Waals surface area contributed by atoms with Crippen molar-refractivity contribution < 1.29 is 29.4 Å². The minimum absolute atomic E-state index is 0.507. The fourth-order valence-corrected chi connectivity index (χ4v) is 11.1. The molecule has 2 aliphatic rings. The van der Waals surface area contributed by atoms with E-state index in [1.54, 1.807) is 77.0 Å².